The Labute approximate surface area is 249 Å². The molecule has 0 aromatic carbocycles. The molecule has 42 heavy (non-hydrogen) atoms. The number of urea groups is 1. The zero-order valence-corrected chi connectivity index (χ0v) is 26.2. The van der Waals surface area contributed by atoms with Crippen LogP contribution in [0.25, 0.3) is 0 Å². The Morgan fingerprint density at radius 1 is 0.976 bits per heavy atom. The van der Waals surface area contributed by atoms with Crippen LogP contribution >= 0.6 is 0 Å². The standard InChI is InChI=1S/C31H51N5O6/c1-30(2,3)21(16-42-6)34-29(41)35-23(18-10-8-7-9-11-18)28(40)36-15-19-22(31(19,4)5)24(36)27(39)33-20(14-17-12-13-17)25(37)26(32)38/h17-24H,7-16H2,1-6H3,(H2,32,38)(H,33,39)(H2,34,35,41)/t19-,20?,21+,22-,23-,24-/m0/s1. The molecule has 0 aromatic rings. The number of carbonyl (C=O) groups is 5. The van der Waals surface area contributed by atoms with Gasteiger partial charge in [0.05, 0.1) is 18.7 Å². The summed E-state index contributed by atoms with van der Waals surface area (Å²) in [6.07, 6.45) is 6.94. The van der Waals surface area contributed by atoms with Crippen LogP contribution in [0.2, 0.25) is 0 Å². The second kappa shape index (κ2) is 12.5. The molecule has 0 radical (unpaired) electrons. The van der Waals surface area contributed by atoms with Crippen LogP contribution in [0.15, 0.2) is 0 Å². The highest BCUT2D eigenvalue weighted by molar-refractivity contribution is 6.37. The van der Waals surface area contributed by atoms with Crippen molar-refractivity contribution in [3.8, 4) is 0 Å². The molecule has 1 saturated heterocycles. The highest BCUT2D eigenvalue weighted by atomic mass is 16.5. The molecule has 4 aliphatic rings. The number of ketones is 1. The van der Waals surface area contributed by atoms with Crippen molar-refractivity contribution in [3.63, 3.8) is 0 Å². The van der Waals surface area contributed by atoms with Gasteiger partial charge in [0, 0.05) is 13.7 Å². The summed E-state index contributed by atoms with van der Waals surface area (Å²) >= 11 is 0. The number of methoxy groups -OCH3 is 1. The number of Topliss-reactive ketones (excluding diaryl/α,β-unsaturated/α-hetero) is 1. The summed E-state index contributed by atoms with van der Waals surface area (Å²) in [6.45, 7) is 11.0. The zero-order valence-electron chi connectivity index (χ0n) is 26.2. The Hall–Kier alpha value is -2.69. The van der Waals surface area contributed by atoms with E-state index >= 15 is 0 Å². The molecule has 0 bridgehead atoms. The number of nitrogens with two attached hydrogens (primary N) is 1. The maximum absolute atomic E-state index is 14.3. The molecule has 1 heterocycles. The number of carbonyl (C=O) groups excluding carboxylic acids is 5. The van der Waals surface area contributed by atoms with E-state index < -0.39 is 41.8 Å². The monoisotopic (exact) mass is 589 g/mol. The highest BCUT2D eigenvalue weighted by Crippen LogP contribution is 2.65. The van der Waals surface area contributed by atoms with E-state index in [-0.39, 0.29) is 46.5 Å². The number of amides is 5. The molecule has 4 rings (SSSR count). The molecule has 0 aromatic heterocycles. The topological polar surface area (TPSA) is 160 Å². The molecule has 11 nitrogen and oxygen atoms in total. The van der Waals surface area contributed by atoms with Gasteiger partial charge in [0.15, 0.2) is 0 Å². The Morgan fingerprint density at radius 3 is 2.17 bits per heavy atom. The van der Waals surface area contributed by atoms with E-state index in [0.29, 0.717) is 19.6 Å². The highest BCUT2D eigenvalue weighted by Gasteiger charge is 2.69. The van der Waals surface area contributed by atoms with Gasteiger partial charge in [-0.05, 0) is 53.8 Å². The van der Waals surface area contributed by atoms with Crippen molar-refractivity contribution >= 4 is 29.5 Å². The number of likely N-dealkylation sites (tertiary alicyclic amines) is 1. The molecular formula is C31H51N5O6. The van der Waals surface area contributed by atoms with Crippen LogP contribution in [-0.4, -0.2) is 78.9 Å². The maximum Gasteiger partial charge on any atom is 0.315 e. The van der Waals surface area contributed by atoms with E-state index in [2.05, 4.69) is 29.8 Å². The average Bonchev–Trinajstić information content (AvgIpc) is 3.77. The SMILES string of the molecule is COC[C@@H](NC(=O)N[C@H](C(=O)N1C[C@H]2[C@@H]([C@H]1C(=O)NC(CC1CC1)C(=O)C(N)=O)C2(C)C)C1CCCCC1)C(C)(C)C. The molecule has 5 amide bonds. The maximum atomic E-state index is 14.3. The van der Waals surface area contributed by atoms with Gasteiger partial charge in [-0.3, -0.25) is 19.2 Å². The Morgan fingerprint density at radius 2 is 1.62 bits per heavy atom. The van der Waals surface area contributed by atoms with E-state index in [1.807, 2.05) is 20.8 Å². The lowest BCUT2D eigenvalue weighted by Crippen LogP contribution is -2.61. The minimum absolute atomic E-state index is 0.0415. The van der Waals surface area contributed by atoms with E-state index in [1.54, 1.807) is 12.0 Å². The number of ether oxygens (including phenoxy) is 1. The summed E-state index contributed by atoms with van der Waals surface area (Å²) in [6, 6.07) is -3.26. The Kier molecular flexibility index (Phi) is 9.59. The predicted octanol–water partition coefficient (Wildman–Crippen LogP) is 2.12. The quantitative estimate of drug-likeness (QED) is 0.255. The molecule has 1 unspecified atom stereocenters. The fraction of sp³-hybridized carbons (Fsp3) is 0.839. The Balaban J connectivity index is 1.55. The molecule has 3 aliphatic carbocycles. The minimum Gasteiger partial charge on any atom is -0.383 e. The molecule has 5 N–H and O–H groups in total. The van der Waals surface area contributed by atoms with Crippen LogP contribution in [-0.2, 0) is 23.9 Å². The van der Waals surface area contributed by atoms with Crippen molar-refractivity contribution in [2.24, 2.45) is 40.2 Å². The summed E-state index contributed by atoms with van der Waals surface area (Å²) in [7, 11) is 1.59. The third kappa shape index (κ3) is 7.09. The first-order valence-electron chi connectivity index (χ1n) is 15.7. The van der Waals surface area contributed by atoms with Crippen molar-refractivity contribution < 1.29 is 28.7 Å². The number of piperidine rings is 1. The molecule has 6 atom stereocenters. The number of nitrogens with one attached hydrogen (secondary N) is 3. The van der Waals surface area contributed by atoms with Crippen molar-refractivity contribution in [3.05, 3.63) is 0 Å². The second-order valence-electron chi connectivity index (χ2n) is 14.7. The van der Waals surface area contributed by atoms with Crippen molar-refractivity contribution in [2.75, 3.05) is 20.3 Å². The summed E-state index contributed by atoms with van der Waals surface area (Å²) in [5.41, 5.74) is 4.91. The normalized spacial score (nSPS) is 27.3. The summed E-state index contributed by atoms with van der Waals surface area (Å²) in [5.74, 6) is -2.27. The summed E-state index contributed by atoms with van der Waals surface area (Å²) < 4.78 is 5.33. The fourth-order valence-electron chi connectivity index (χ4n) is 7.20. The van der Waals surface area contributed by atoms with Gasteiger partial charge in [-0.25, -0.2) is 4.79 Å². The van der Waals surface area contributed by atoms with Crippen LogP contribution in [0.1, 0.15) is 86.0 Å². The largest absolute Gasteiger partial charge is 0.383 e. The van der Waals surface area contributed by atoms with Crippen LogP contribution in [0.3, 0.4) is 0 Å². The van der Waals surface area contributed by atoms with Crippen molar-refractivity contribution in [2.45, 2.75) is 110 Å². The number of hydrogen-bond donors (Lipinski definition) is 4. The molecular weight excluding hydrogens is 538 g/mol. The number of hydrogen-bond acceptors (Lipinski definition) is 6. The van der Waals surface area contributed by atoms with Crippen molar-refractivity contribution in [1.29, 1.82) is 0 Å². The third-order valence-corrected chi connectivity index (χ3v) is 10.3. The van der Waals surface area contributed by atoms with Gasteiger partial charge in [0.1, 0.15) is 12.1 Å². The number of primary amides is 1. The smallest absolute Gasteiger partial charge is 0.315 e. The van der Waals surface area contributed by atoms with E-state index in [9.17, 15) is 24.0 Å². The van der Waals surface area contributed by atoms with Crippen LogP contribution in [0, 0.1) is 34.5 Å². The fourth-order valence-corrected chi connectivity index (χ4v) is 7.20. The number of fused-ring (bicyclic) bond motifs is 1. The van der Waals surface area contributed by atoms with Crippen LogP contribution in [0.4, 0.5) is 4.79 Å². The first-order chi connectivity index (χ1) is 19.7. The first kappa shape index (κ1) is 32.2. The van der Waals surface area contributed by atoms with Gasteiger partial charge in [-0.1, -0.05) is 66.7 Å². The molecule has 236 valence electrons. The lowest BCUT2D eigenvalue weighted by molar-refractivity contribution is -0.144. The van der Waals surface area contributed by atoms with Gasteiger partial charge in [0.2, 0.25) is 17.6 Å². The van der Waals surface area contributed by atoms with Crippen LogP contribution < -0.4 is 21.7 Å². The van der Waals surface area contributed by atoms with E-state index in [0.717, 1.165) is 44.9 Å². The van der Waals surface area contributed by atoms with Gasteiger partial charge < -0.3 is 31.3 Å². The lowest BCUT2D eigenvalue weighted by atomic mass is 9.83. The second-order valence-corrected chi connectivity index (χ2v) is 14.7. The summed E-state index contributed by atoms with van der Waals surface area (Å²) in [4.78, 5) is 67.5. The third-order valence-electron chi connectivity index (χ3n) is 10.3. The lowest BCUT2D eigenvalue weighted by Gasteiger charge is -2.38. The molecule has 3 saturated carbocycles. The van der Waals surface area contributed by atoms with Crippen LogP contribution in [0.5, 0.6) is 0 Å². The van der Waals surface area contributed by atoms with Gasteiger partial charge >= 0.3 is 6.03 Å². The summed E-state index contributed by atoms with van der Waals surface area (Å²) in [5, 5.41) is 8.81. The van der Waals surface area contributed by atoms with Gasteiger partial charge in [-0.2, -0.15) is 0 Å². The minimum atomic E-state index is -1.07. The zero-order chi connectivity index (χ0) is 31.0. The van der Waals surface area contributed by atoms with Gasteiger partial charge in [0.25, 0.3) is 5.91 Å². The predicted molar refractivity (Wildman–Crippen MR) is 157 cm³/mol. The van der Waals surface area contributed by atoms with E-state index in [4.69, 9.17) is 10.5 Å². The van der Waals surface area contributed by atoms with Crippen molar-refractivity contribution in [1.82, 2.24) is 20.9 Å². The molecule has 1 aliphatic heterocycles. The Bertz CT molecular complexity index is 1060. The molecule has 4 fully saturated rings. The first-order valence-corrected chi connectivity index (χ1v) is 15.7. The average molecular weight is 590 g/mol. The molecule has 0 spiro atoms. The number of rotatable bonds is 12. The molecule has 11 heteroatoms. The van der Waals surface area contributed by atoms with E-state index in [1.165, 1.54) is 0 Å². The number of nitrogens with zero attached hydrogens (tertiary/aromatic N) is 1. The van der Waals surface area contributed by atoms with Gasteiger partial charge in [-0.15, -0.1) is 0 Å².